The Labute approximate surface area is 189 Å². The minimum atomic E-state index is -3.67. The maximum absolute atomic E-state index is 12.9. The lowest BCUT2D eigenvalue weighted by Gasteiger charge is -2.32. The van der Waals surface area contributed by atoms with E-state index in [1.807, 2.05) is 13.8 Å². The van der Waals surface area contributed by atoms with Crippen LogP contribution in [-0.2, 0) is 19.6 Å². The molecule has 1 unspecified atom stereocenters. The van der Waals surface area contributed by atoms with E-state index in [0.717, 1.165) is 0 Å². The van der Waals surface area contributed by atoms with Crippen LogP contribution in [0.25, 0.3) is 0 Å². The van der Waals surface area contributed by atoms with Gasteiger partial charge in [0.1, 0.15) is 6.04 Å². The first kappa shape index (κ1) is 25.6. The van der Waals surface area contributed by atoms with Gasteiger partial charge in [0.2, 0.25) is 21.8 Å². The minimum Gasteiger partial charge on any atom is -0.347 e. The van der Waals surface area contributed by atoms with Crippen molar-refractivity contribution in [3.8, 4) is 0 Å². The number of hydrogen-bond acceptors (Lipinski definition) is 5. The Morgan fingerprint density at radius 3 is 2.09 bits per heavy atom. The fraction of sp³-hybridized carbons (Fsp3) is 0.571. The van der Waals surface area contributed by atoms with Gasteiger partial charge >= 0.3 is 6.03 Å². The van der Waals surface area contributed by atoms with E-state index in [1.54, 1.807) is 26.2 Å². The summed E-state index contributed by atoms with van der Waals surface area (Å²) in [5.74, 6) is -0.481. The summed E-state index contributed by atoms with van der Waals surface area (Å²) in [5, 5.41) is 8.18. The van der Waals surface area contributed by atoms with Gasteiger partial charge < -0.3 is 20.9 Å². The van der Waals surface area contributed by atoms with E-state index in [-0.39, 0.29) is 41.8 Å². The van der Waals surface area contributed by atoms with E-state index in [2.05, 4.69) is 16.0 Å². The first-order valence-electron chi connectivity index (χ1n) is 10.6. The molecule has 1 atom stereocenters. The number of urea groups is 1. The third-order valence-electron chi connectivity index (χ3n) is 5.26. The van der Waals surface area contributed by atoms with Crippen LogP contribution in [0.1, 0.15) is 33.6 Å². The SMILES string of the molecule is CC(=O)Nc1ccc(S(=O)(=O)N2CCC(NC(=O)NC(C(=O)N(C)C)C(C)C)CC2)cc1. The van der Waals surface area contributed by atoms with Gasteiger partial charge in [-0.05, 0) is 43.0 Å². The number of anilines is 1. The number of rotatable bonds is 7. The number of nitrogens with one attached hydrogen (secondary N) is 3. The summed E-state index contributed by atoms with van der Waals surface area (Å²) in [6.45, 7) is 5.64. The molecule has 32 heavy (non-hydrogen) atoms. The summed E-state index contributed by atoms with van der Waals surface area (Å²) in [6, 6.07) is 4.77. The number of hydrogen-bond donors (Lipinski definition) is 3. The summed E-state index contributed by atoms with van der Waals surface area (Å²) < 4.78 is 27.2. The molecule has 0 saturated carbocycles. The fourth-order valence-corrected chi connectivity index (χ4v) is 4.93. The summed E-state index contributed by atoms with van der Waals surface area (Å²) in [7, 11) is -0.389. The van der Waals surface area contributed by atoms with Gasteiger partial charge in [-0.1, -0.05) is 13.8 Å². The highest BCUT2D eigenvalue weighted by atomic mass is 32.2. The largest absolute Gasteiger partial charge is 0.347 e. The van der Waals surface area contributed by atoms with Gasteiger partial charge in [0, 0.05) is 45.8 Å². The molecule has 4 amide bonds. The molecule has 0 aliphatic carbocycles. The van der Waals surface area contributed by atoms with Gasteiger partial charge in [0.05, 0.1) is 4.90 Å². The molecule has 1 fully saturated rings. The zero-order chi connectivity index (χ0) is 24.1. The van der Waals surface area contributed by atoms with Gasteiger partial charge in [-0.25, -0.2) is 13.2 Å². The third kappa shape index (κ3) is 6.67. The van der Waals surface area contributed by atoms with Crippen molar-refractivity contribution in [3.05, 3.63) is 24.3 Å². The van der Waals surface area contributed by atoms with E-state index in [4.69, 9.17) is 0 Å². The van der Waals surface area contributed by atoms with Gasteiger partial charge in [0.15, 0.2) is 0 Å². The normalized spacial score (nSPS) is 16.3. The average Bonchev–Trinajstić information content (AvgIpc) is 2.71. The van der Waals surface area contributed by atoms with Crippen LogP contribution in [0.15, 0.2) is 29.2 Å². The highest BCUT2D eigenvalue weighted by Crippen LogP contribution is 2.22. The third-order valence-corrected chi connectivity index (χ3v) is 7.17. The average molecular weight is 468 g/mol. The zero-order valence-corrected chi connectivity index (χ0v) is 20.0. The van der Waals surface area contributed by atoms with Crippen molar-refractivity contribution in [2.75, 3.05) is 32.5 Å². The van der Waals surface area contributed by atoms with E-state index in [9.17, 15) is 22.8 Å². The molecule has 1 aliphatic rings. The molecule has 0 spiro atoms. The Balaban J connectivity index is 1.92. The van der Waals surface area contributed by atoms with Crippen molar-refractivity contribution >= 4 is 33.6 Å². The van der Waals surface area contributed by atoms with Crippen LogP contribution >= 0.6 is 0 Å². The predicted molar refractivity (Wildman–Crippen MR) is 122 cm³/mol. The molecule has 1 heterocycles. The second-order valence-electron chi connectivity index (χ2n) is 8.46. The molecule has 1 saturated heterocycles. The highest BCUT2D eigenvalue weighted by molar-refractivity contribution is 7.89. The minimum absolute atomic E-state index is 0.0697. The van der Waals surface area contributed by atoms with Gasteiger partial charge in [0.25, 0.3) is 0 Å². The molecule has 2 rings (SSSR count). The Kier molecular flexibility index (Phi) is 8.62. The second kappa shape index (κ2) is 10.8. The topological polar surface area (TPSA) is 128 Å². The summed E-state index contributed by atoms with van der Waals surface area (Å²) in [5.41, 5.74) is 0.526. The molecular weight excluding hydrogens is 434 g/mol. The number of likely N-dealkylation sites (N-methyl/N-ethyl adjacent to an activating group) is 1. The van der Waals surface area contributed by atoms with Crippen molar-refractivity contribution < 1.29 is 22.8 Å². The van der Waals surface area contributed by atoms with Crippen LogP contribution < -0.4 is 16.0 Å². The maximum Gasteiger partial charge on any atom is 0.315 e. The number of carbonyl (C=O) groups excluding carboxylic acids is 3. The Morgan fingerprint density at radius 1 is 1.06 bits per heavy atom. The van der Waals surface area contributed by atoms with E-state index in [1.165, 1.54) is 28.3 Å². The molecule has 178 valence electrons. The molecule has 1 aromatic rings. The number of sulfonamides is 1. The van der Waals surface area contributed by atoms with E-state index < -0.39 is 22.1 Å². The fourth-order valence-electron chi connectivity index (χ4n) is 3.46. The first-order chi connectivity index (χ1) is 14.9. The Bertz CT molecular complexity index is 922. The Hall–Kier alpha value is -2.66. The van der Waals surface area contributed by atoms with Crippen molar-refractivity contribution in [3.63, 3.8) is 0 Å². The summed E-state index contributed by atoms with van der Waals surface area (Å²) in [4.78, 5) is 37.4. The Morgan fingerprint density at radius 2 is 1.62 bits per heavy atom. The van der Waals surface area contributed by atoms with Crippen LogP contribution in [0.5, 0.6) is 0 Å². The van der Waals surface area contributed by atoms with Crippen molar-refractivity contribution in [2.24, 2.45) is 5.92 Å². The second-order valence-corrected chi connectivity index (χ2v) is 10.4. The predicted octanol–water partition coefficient (Wildman–Crippen LogP) is 1.21. The van der Waals surface area contributed by atoms with Crippen LogP contribution in [-0.4, -0.2) is 74.7 Å². The van der Waals surface area contributed by atoms with Crippen LogP contribution in [0.4, 0.5) is 10.5 Å². The first-order valence-corrected chi connectivity index (χ1v) is 12.0. The molecule has 3 N–H and O–H groups in total. The molecular formula is C21H33N5O5S. The van der Waals surface area contributed by atoms with Crippen LogP contribution in [0, 0.1) is 5.92 Å². The highest BCUT2D eigenvalue weighted by Gasteiger charge is 2.31. The zero-order valence-electron chi connectivity index (χ0n) is 19.2. The molecule has 10 nitrogen and oxygen atoms in total. The van der Waals surface area contributed by atoms with Gasteiger partial charge in [-0.2, -0.15) is 4.31 Å². The molecule has 0 radical (unpaired) electrons. The van der Waals surface area contributed by atoms with E-state index >= 15 is 0 Å². The molecule has 1 aromatic carbocycles. The molecule has 1 aliphatic heterocycles. The number of benzene rings is 1. The summed E-state index contributed by atoms with van der Waals surface area (Å²) >= 11 is 0. The summed E-state index contributed by atoms with van der Waals surface area (Å²) in [6.07, 6.45) is 0.926. The monoisotopic (exact) mass is 467 g/mol. The van der Waals surface area contributed by atoms with Crippen molar-refractivity contribution in [2.45, 2.75) is 50.6 Å². The molecule has 0 aromatic heterocycles. The lowest BCUT2D eigenvalue weighted by molar-refractivity contribution is -0.131. The maximum atomic E-state index is 12.9. The molecule has 0 bridgehead atoms. The number of nitrogens with zero attached hydrogens (tertiary/aromatic N) is 2. The number of amides is 4. The number of carbonyl (C=O) groups is 3. The van der Waals surface area contributed by atoms with Crippen LogP contribution in [0.3, 0.4) is 0 Å². The van der Waals surface area contributed by atoms with Crippen molar-refractivity contribution in [1.82, 2.24) is 19.8 Å². The molecule has 11 heteroatoms. The van der Waals surface area contributed by atoms with Crippen LogP contribution in [0.2, 0.25) is 0 Å². The standard InChI is InChI=1S/C21H33N5O5S/c1-14(2)19(20(28)25(4)5)24-21(29)23-17-10-12-26(13-11-17)32(30,31)18-8-6-16(7-9-18)22-15(3)27/h6-9,14,17,19H,10-13H2,1-5H3,(H,22,27)(H2,23,24,29). The van der Waals surface area contributed by atoms with E-state index in [0.29, 0.717) is 18.5 Å². The van der Waals surface area contributed by atoms with Gasteiger partial charge in [-0.3, -0.25) is 9.59 Å². The van der Waals surface area contributed by atoms with Crippen molar-refractivity contribution in [1.29, 1.82) is 0 Å². The number of piperidine rings is 1. The van der Waals surface area contributed by atoms with Gasteiger partial charge in [-0.15, -0.1) is 0 Å². The quantitative estimate of drug-likeness (QED) is 0.555. The smallest absolute Gasteiger partial charge is 0.315 e. The lowest BCUT2D eigenvalue weighted by Crippen LogP contribution is -2.55. The lowest BCUT2D eigenvalue weighted by atomic mass is 10.0.